The Morgan fingerprint density at radius 1 is 1.15 bits per heavy atom. The topological polar surface area (TPSA) is 73.8 Å². The van der Waals surface area contributed by atoms with Crippen molar-refractivity contribution >= 4 is 15.8 Å². The number of sulfone groups is 1. The Morgan fingerprint density at radius 3 is 2.48 bits per heavy atom. The Hall–Kier alpha value is -1.67. The molecule has 2 N–H and O–H groups in total. The van der Waals surface area contributed by atoms with Crippen molar-refractivity contribution in [2.75, 3.05) is 39.5 Å². The minimum atomic E-state index is -3.19. The van der Waals surface area contributed by atoms with E-state index in [4.69, 9.17) is 0 Å². The lowest BCUT2D eigenvalue weighted by Gasteiger charge is -2.21. The molecule has 152 valence electrons. The zero-order chi connectivity index (χ0) is 19.7. The molecule has 1 aliphatic heterocycles. The van der Waals surface area contributed by atoms with Gasteiger partial charge in [-0.05, 0) is 49.2 Å². The summed E-state index contributed by atoms with van der Waals surface area (Å²) in [5.41, 5.74) is 1.22. The molecule has 0 saturated carbocycles. The van der Waals surface area contributed by atoms with E-state index < -0.39 is 9.84 Å². The predicted molar refractivity (Wildman–Crippen MR) is 108 cm³/mol. The number of halogens is 1. The van der Waals surface area contributed by atoms with Crippen LogP contribution in [0.5, 0.6) is 0 Å². The molecule has 1 heterocycles. The summed E-state index contributed by atoms with van der Waals surface area (Å²) < 4.78 is 36.8. The van der Waals surface area contributed by atoms with Gasteiger partial charge in [-0.25, -0.2) is 12.8 Å². The van der Waals surface area contributed by atoms with Crippen molar-refractivity contribution in [2.45, 2.75) is 38.0 Å². The second-order valence-corrected chi connectivity index (χ2v) is 9.23. The minimum Gasteiger partial charge on any atom is -0.355 e. The maximum atomic E-state index is 13.6. The Labute approximate surface area is 162 Å². The van der Waals surface area contributed by atoms with Gasteiger partial charge in [0.25, 0.3) is 0 Å². The Kier molecular flexibility index (Phi) is 8.50. The van der Waals surface area contributed by atoms with Gasteiger partial charge in [-0.2, -0.15) is 0 Å². The van der Waals surface area contributed by atoms with Gasteiger partial charge >= 0.3 is 0 Å². The first-order valence-electron chi connectivity index (χ1n) is 9.49. The lowest BCUT2D eigenvalue weighted by Crippen LogP contribution is -2.41. The Balaban J connectivity index is 1.87. The summed E-state index contributed by atoms with van der Waals surface area (Å²) >= 11 is 0. The molecule has 0 bridgehead atoms. The fourth-order valence-corrected chi connectivity index (χ4v) is 4.12. The van der Waals surface area contributed by atoms with E-state index in [1.54, 1.807) is 7.05 Å². The molecule has 0 amide bonds. The van der Waals surface area contributed by atoms with E-state index in [1.165, 1.54) is 50.1 Å². The van der Waals surface area contributed by atoms with Gasteiger partial charge in [-0.1, -0.05) is 18.9 Å². The largest absolute Gasteiger partial charge is 0.355 e. The summed E-state index contributed by atoms with van der Waals surface area (Å²) in [4.78, 5) is 6.66. The second-order valence-electron chi connectivity index (χ2n) is 7.09. The van der Waals surface area contributed by atoms with Crippen molar-refractivity contribution in [3.8, 4) is 0 Å². The van der Waals surface area contributed by atoms with Crippen LogP contribution in [0.3, 0.4) is 0 Å². The van der Waals surface area contributed by atoms with Crippen LogP contribution in [-0.2, 0) is 22.1 Å². The molecule has 8 heteroatoms. The molecule has 1 fully saturated rings. The van der Waals surface area contributed by atoms with E-state index in [0.29, 0.717) is 23.6 Å². The Morgan fingerprint density at radius 2 is 1.85 bits per heavy atom. The van der Waals surface area contributed by atoms with Crippen LogP contribution < -0.4 is 10.6 Å². The number of likely N-dealkylation sites (tertiary alicyclic amines) is 1. The molecule has 0 radical (unpaired) electrons. The first-order chi connectivity index (χ1) is 12.9. The van der Waals surface area contributed by atoms with Crippen LogP contribution in [0, 0.1) is 5.82 Å². The van der Waals surface area contributed by atoms with Gasteiger partial charge in [0, 0.05) is 32.9 Å². The molecule has 0 aliphatic carbocycles. The van der Waals surface area contributed by atoms with Gasteiger partial charge in [-0.3, -0.25) is 4.99 Å². The SMILES string of the molecule is CN=C(NCCN1CCCCCC1)NCc1cc(F)ccc1CS(C)(=O)=O. The highest BCUT2D eigenvalue weighted by atomic mass is 32.2. The van der Waals surface area contributed by atoms with Crippen molar-refractivity contribution in [2.24, 2.45) is 4.99 Å². The third-order valence-electron chi connectivity index (χ3n) is 4.68. The fourth-order valence-electron chi connectivity index (χ4n) is 3.27. The summed E-state index contributed by atoms with van der Waals surface area (Å²) in [6.45, 7) is 4.34. The number of nitrogens with one attached hydrogen (secondary N) is 2. The number of rotatable bonds is 7. The summed E-state index contributed by atoms with van der Waals surface area (Å²) in [5, 5.41) is 6.42. The molecule has 1 aromatic carbocycles. The molecule has 0 atom stereocenters. The van der Waals surface area contributed by atoms with Crippen LogP contribution in [-0.4, -0.2) is 58.8 Å². The Bertz CT molecular complexity index is 729. The number of aliphatic imine (C=N–C) groups is 1. The van der Waals surface area contributed by atoms with Crippen molar-refractivity contribution < 1.29 is 12.8 Å². The molecule has 27 heavy (non-hydrogen) atoms. The van der Waals surface area contributed by atoms with Crippen molar-refractivity contribution in [1.29, 1.82) is 0 Å². The van der Waals surface area contributed by atoms with E-state index in [-0.39, 0.29) is 11.6 Å². The van der Waals surface area contributed by atoms with Crippen molar-refractivity contribution in [1.82, 2.24) is 15.5 Å². The normalized spacial score (nSPS) is 16.8. The van der Waals surface area contributed by atoms with Crippen LogP contribution >= 0.6 is 0 Å². The smallest absolute Gasteiger partial charge is 0.191 e. The molecule has 0 aromatic heterocycles. The number of benzene rings is 1. The summed E-state index contributed by atoms with van der Waals surface area (Å²) in [5.74, 6) is 0.137. The van der Waals surface area contributed by atoms with E-state index in [0.717, 1.165) is 26.2 Å². The van der Waals surface area contributed by atoms with E-state index >= 15 is 0 Å². The quantitative estimate of drug-likeness (QED) is 0.542. The maximum absolute atomic E-state index is 13.6. The van der Waals surface area contributed by atoms with Crippen molar-refractivity contribution in [3.05, 3.63) is 35.1 Å². The lowest BCUT2D eigenvalue weighted by atomic mass is 10.1. The average Bonchev–Trinajstić information content (AvgIpc) is 2.87. The van der Waals surface area contributed by atoms with Gasteiger partial charge in [0.1, 0.15) is 5.82 Å². The molecule has 2 rings (SSSR count). The average molecular weight is 399 g/mol. The second kappa shape index (κ2) is 10.6. The molecule has 1 aliphatic rings. The zero-order valence-corrected chi connectivity index (χ0v) is 17.1. The van der Waals surface area contributed by atoms with E-state index in [1.807, 2.05) is 0 Å². The first-order valence-corrected chi connectivity index (χ1v) is 11.6. The molecular weight excluding hydrogens is 367 g/mol. The van der Waals surface area contributed by atoms with E-state index in [9.17, 15) is 12.8 Å². The number of hydrogen-bond donors (Lipinski definition) is 2. The highest BCUT2D eigenvalue weighted by molar-refractivity contribution is 7.89. The number of nitrogens with zero attached hydrogens (tertiary/aromatic N) is 2. The molecule has 6 nitrogen and oxygen atoms in total. The molecule has 0 spiro atoms. The van der Waals surface area contributed by atoms with Crippen LogP contribution in [0.15, 0.2) is 23.2 Å². The predicted octanol–water partition coefficient (Wildman–Crippen LogP) is 1.91. The van der Waals surface area contributed by atoms with Crippen molar-refractivity contribution in [3.63, 3.8) is 0 Å². The van der Waals surface area contributed by atoms with Gasteiger partial charge < -0.3 is 15.5 Å². The third-order valence-corrected chi connectivity index (χ3v) is 5.51. The maximum Gasteiger partial charge on any atom is 0.191 e. The van der Waals surface area contributed by atoms with Gasteiger partial charge in [0.05, 0.1) is 5.75 Å². The number of guanidine groups is 1. The molecule has 0 unspecified atom stereocenters. The number of hydrogen-bond acceptors (Lipinski definition) is 4. The zero-order valence-electron chi connectivity index (χ0n) is 16.3. The summed E-state index contributed by atoms with van der Waals surface area (Å²) in [7, 11) is -1.50. The first kappa shape index (κ1) is 21.6. The van der Waals surface area contributed by atoms with Gasteiger partial charge in [0.15, 0.2) is 15.8 Å². The molecule has 1 saturated heterocycles. The van der Waals surface area contributed by atoms with Crippen LogP contribution in [0.25, 0.3) is 0 Å². The van der Waals surface area contributed by atoms with Crippen LogP contribution in [0.1, 0.15) is 36.8 Å². The minimum absolute atomic E-state index is 0.106. The molecular formula is C19H31FN4O2S. The fraction of sp³-hybridized carbons (Fsp3) is 0.632. The lowest BCUT2D eigenvalue weighted by molar-refractivity contribution is 0.289. The third kappa shape index (κ3) is 8.26. The monoisotopic (exact) mass is 398 g/mol. The van der Waals surface area contributed by atoms with Crippen LogP contribution in [0.2, 0.25) is 0 Å². The van der Waals surface area contributed by atoms with Crippen LogP contribution in [0.4, 0.5) is 4.39 Å². The molecule has 1 aromatic rings. The van der Waals surface area contributed by atoms with E-state index in [2.05, 4.69) is 20.5 Å². The highest BCUT2D eigenvalue weighted by Gasteiger charge is 2.12. The van der Waals surface area contributed by atoms with Gasteiger partial charge in [0.2, 0.25) is 0 Å². The highest BCUT2D eigenvalue weighted by Crippen LogP contribution is 2.14. The van der Waals surface area contributed by atoms with Gasteiger partial charge in [-0.15, -0.1) is 0 Å². The standard InChI is InChI=1S/C19H31FN4O2S/c1-21-19(22-9-12-24-10-5-3-4-6-11-24)23-14-17-13-18(20)8-7-16(17)15-27(2,25)26/h7-8,13H,3-6,9-12,14-15H2,1-2H3,(H2,21,22,23). The summed E-state index contributed by atoms with van der Waals surface area (Å²) in [6, 6.07) is 4.19. The summed E-state index contributed by atoms with van der Waals surface area (Å²) in [6.07, 6.45) is 6.33.